The number of carbonyl (C=O) groups is 1. The van der Waals surface area contributed by atoms with Crippen LogP contribution in [0, 0.1) is 6.92 Å². The van der Waals surface area contributed by atoms with Crippen LogP contribution in [0.25, 0.3) is 27.5 Å². The lowest BCUT2D eigenvalue weighted by molar-refractivity contribution is 0.0623. The van der Waals surface area contributed by atoms with Crippen molar-refractivity contribution in [2.75, 3.05) is 26.2 Å². The molecular formula is C30H29N5O2. The summed E-state index contributed by atoms with van der Waals surface area (Å²) in [6.45, 7) is 5.67. The SMILES string of the molecule is Cc1ccc(-n2nc(C(=O)N3CCN(Cc4ccccc4)CC3)c3c4ccccc4n(C)c3c2=O)cc1. The lowest BCUT2D eigenvalue weighted by Gasteiger charge is -2.34. The Labute approximate surface area is 215 Å². The first kappa shape index (κ1) is 23.2. The molecule has 1 amide bonds. The van der Waals surface area contributed by atoms with E-state index in [2.05, 4.69) is 29.2 Å². The third kappa shape index (κ3) is 4.11. The molecule has 2 aromatic heterocycles. The Morgan fingerprint density at radius 3 is 2.27 bits per heavy atom. The topological polar surface area (TPSA) is 63.4 Å². The van der Waals surface area contributed by atoms with E-state index in [0.717, 1.165) is 36.1 Å². The second-order valence-corrected chi connectivity index (χ2v) is 9.75. The number of fused-ring (bicyclic) bond motifs is 3. The van der Waals surface area contributed by atoms with Gasteiger partial charge in [0, 0.05) is 56.1 Å². The molecule has 7 heteroatoms. The number of aryl methyl sites for hydroxylation is 2. The molecule has 0 radical (unpaired) electrons. The van der Waals surface area contributed by atoms with Crippen molar-refractivity contribution in [3.63, 3.8) is 0 Å². The van der Waals surface area contributed by atoms with Crippen molar-refractivity contribution in [1.82, 2.24) is 24.1 Å². The Hall–Kier alpha value is -4.23. The first-order valence-corrected chi connectivity index (χ1v) is 12.6. The van der Waals surface area contributed by atoms with Gasteiger partial charge in [0.15, 0.2) is 5.69 Å². The number of amides is 1. The smallest absolute Gasteiger partial charge is 0.296 e. The Balaban J connectivity index is 1.41. The Morgan fingerprint density at radius 2 is 1.54 bits per heavy atom. The quantitative estimate of drug-likeness (QED) is 0.379. The fourth-order valence-corrected chi connectivity index (χ4v) is 5.29. The maximum atomic E-state index is 14.0. The number of nitrogens with zero attached hydrogens (tertiary/aromatic N) is 5. The average molecular weight is 492 g/mol. The Kier molecular flexibility index (Phi) is 5.85. The molecule has 1 fully saturated rings. The first-order chi connectivity index (χ1) is 18.0. The monoisotopic (exact) mass is 491 g/mol. The van der Waals surface area contributed by atoms with Crippen molar-refractivity contribution >= 4 is 27.7 Å². The number of hydrogen-bond acceptors (Lipinski definition) is 4. The van der Waals surface area contributed by atoms with Crippen LogP contribution < -0.4 is 5.56 Å². The Morgan fingerprint density at radius 1 is 0.865 bits per heavy atom. The number of para-hydroxylation sites is 1. The van der Waals surface area contributed by atoms with Crippen LogP contribution in [0.15, 0.2) is 83.7 Å². The highest BCUT2D eigenvalue weighted by Crippen LogP contribution is 2.29. The van der Waals surface area contributed by atoms with E-state index in [9.17, 15) is 9.59 Å². The highest BCUT2D eigenvalue weighted by molar-refractivity contribution is 6.16. The summed E-state index contributed by atoms with van der Waals surface area (Å²) < 4.78 is 3.26. The van der Waals surface area contributed by atoms with Crippen LogP contribution in [0.3, 0.4) is 0 Å². The predicted molar refractivity (Wildman–Crippen MR) is 146 cm³/mol. The molecule has 0 bridgehead atoms. The van der Waals surface area contributed by atoms with Crippen LogP contribution in [0.2, 0.25) is 0 Å². The summed E-state index contributed by atoms with van der Waals surface area (Å²) in [7, 11) is 1.88. The third-order valence-electron chi connectivity index (χ3n) is 7.33. The lowest BCUT2D eigenvalue weighted by atomic mass is 10.1. The summed E-state index contributed by atoms with van der Waals surface area (Å²) in [5.74, 6) is -0.137. The molecule has 1 aliphatic rings. The van der Waals surface area contributed by atoms with Gasteiger partial charge in [0.05, 0.1) is 5.69 Å². The number of carbonyl (C=O) groups excluding carboxylic acids is 1. The normalized spacial score (nSPS) is 14.5. The molecule has 0 spiro atoms. The van der Waals surface area contributed by atoms with Gasteiger partial charge in [-0.05, 0) is 30.7 Å². The molecule has 3 aromatic carbocycles. The van der Waals surface area contributed by atoms with Gasteiger partial charge < -0.3 is 9.47 Å². The predicted octanol–water partition coefficient (Wildman–Crippen LogP) is 4.14. The standard InChI is InChI=1S/C30H29N5O2/c1-21-12-14-23(15-13-21)35-30(37)28-26(24-10-6-7-11-25(24)32(28)2)27(31-35)29(36)34-18-16-33(17-19-34)20-22-8-4-3-5-9-22/h3-15H,16-20H2,1-2H3. The van der Waals surface area contributed by atoms with Gasteiger partial charge >= 0.3 is 0 Å². The van der Waals surface area contributed by atoms with Gasteiger partial charge in [-0.3, -0.25) is 14.5 Å². The van der Waals surface area contributed by atoms with Gasteiger partial charge in [-0.15, -0.1) is 0 Å². The van der Waals surface area contributed by atoms with Crippen molar-refractivity contribution in [2.24, 2.45) is 7.05 Å². The molecule has 186 valence electrons. The van der Waals surface area contributed by atoms with Gasteiger partial charge in [-0.2, -0.15) is 9.78 Å². The summed E-state index contributed by atoms with van der Waals surface area (Å²) in [6.07, 6.45) is 0. The maximum absolute atomic E-state index is 14.0. The molecule has 0 saturated carbocycles. The second kappa shape index (κ2) is 9.33. The molecule has 0 N–H and O–H groups in total. The van der Waals surface area contributed by atoms with Crippen LogP contribution in [0.5, 0.6) is 0 Å². The van der Waals surface area contributed by atoms with Gasteiger partial charge in [-0.1, -0.05) is 66.2 Å². The summed E-state index contributed by atoms with van der Waals surface area (Å²) in [5.41, 5.74) is 4.48. The molecule has 7 nitrogen and oxygen atoms in total. The molecule has 6 rings (SSSR count). The molecule has 0 atom stereocenters. The highest BCUT2D eigenvalue weighted by atomic mass is 16.2. The van der Waals surface area contributed by atoms with E-state index in [1.54, 1.807) is 0 Å². The van der Waals surface area contributed by atoms with E-state index < -0.39 is 0 Å². The van der Waals surface area contributed by atoms with Gasteiger partial charge in [0.1, 0.15) is 5.52 Å². The summed E-state index contributed by atoms with van der Waals surface area (Å²) in [6, 6.07) is 25.8. The third-order valence-corrected chi connectivity index (χ3v) is 7.33. The van der Waals surface area contributed by atoms with Crippen molar-refractivity contribution < 1.29 is 4.79 Å². The van der Waals surface area contributed by atoms with Crippen molar-refractivity contribution in [1.29, 1.82) is 0 Å². The van der Waals surface area contributed by atoms with Crippen molar-refractivity contribution in [3.8, 4) is 5.69 Å². The first-order valence-electron chi connectivity index (χ1n) is 12.6. The number of hydrogen-bond donors (Lipinski definition) is 0. The zero-order valence-corrected chi connectivity index (χ0v) is 21.1. The second-order valence-electron chi connectivity index (χ2n) is 9.75. The maximum Gasteiger partial charge on any atom is 0.296 e. The van der Waals surface area contributed by atoms with Crippen LogP contribution in [-0.2, 0) is 13.6 Å². The molecule has 1 saturated heterocycles. The highest BCUT2D eigenvalue weighted by Gasteiger charge is 2.28. The fourth-order valence-electron chi connectivity index (χ4n) is 5.29. The zero-order valence-electron chi connectivity index (χ0n) is 21.1. The minimum Gasteiger partial charge on any atom is -0.339 e. The van der Waals surface area contributed by atoms with Crippen LogP contribution in [0.1, 0.15) is 21.6 Å². The van der Waals surface area contributed by atoms with E-state index in [4.69, 9.17) is 5.10 Å². The van der Waals surface area contributed by atoms with E-state index in [1.807, 2.05) is 78.0 Å². The Bertz CT molecular complexity index is 1660. The summed E-state index contributed by atoms with van der Waals surface area (Å²) in [4.78, 5) is 32.0. The molecule has 3 heterocycles. The lowest BCUT2D eigenvalue weighted by Crippen LogP contribution is -2.48. The molecule has 0 unspecified atom stereocenters. The van der Waals surface area contributed by atoms with Crippen LogP contribution in [-0.4, -0.2) is 56.2 Å². The average Bonchev–Trinajstić information content (AvgIpc) is 3.23. The minimum atomic E-state index is -0.234. The fraction of sp³-hybridized carbons (Fsp3) is 0.233. The molecule has 5 aromatic rings. The summed E-state index contributed by atoms with van der Waals surface area (Å²) in [5, 5.41) is 6.21. The molecule has 1 aliphatic heterocycles. The minimum absolute atomic E-state index is 0.137. The van der Waals surface area contributed by atoms with Crippen molar-refractivity contribution in [3.05, 3.63) is 106 Å². The van der Waals surface area contributed by atoms with Crippen LogP contribution in [0.4, 0.5) is 0 Å². The van der Waals surface area contributed by atoms with E-state index in [1.165, 1.54) is 10.2 Å². The number of rotatable bonds is 4. The summed E-state index contributed by atoms with van der Waals surface area (Å²) >= 11 is 0. The van der Waals surface area contributed by atoms with E-state index in [-0.39, 0.29) is 11.5 Å². The number of benzene rings is 3. The van der Waals surface area contributed by atoms with Gasteiger partial charge in [-0.25, -0.2) is 0 Å². The largest absolute Gasteiger partial charge is 0.339 e. The number of aromatic nitrogens is 3. The van der Waals surface area contributed by atoms with E-state index >= 15 is 0 Å². The molecule has 0 aliphatic carbocycles. The zero-order chi connectivity index (χ0) is 25.5. The van der Waals surface area contributed by atoms with Crippen molar-refractivity contribution in [2.45, 2.75) is 13.5 Å². The molecular weight excluding hydrogens is 462 g/mol. The van der Waals surface area contributed by atoms with Gasteiger partial charge in [0.2, 0.25) is 0 Å². The number of piperazine rings is 1. The molecule has 37 heavy (non-hydrogen) atoms. The van der Waals surface area contributed by atoms with Gasteiger partial charge in [0.25, 0.3) is 11.5 Å². The van der Waals surface area contributed by atoms with E-state index in [0.29, 0.717) is 35.4 Å². The van der Waals surface area contributed by atoms with Crippen LogP contribution >= 0.6 is 0 Å².